The van der Waals surface area contributed by atoms with Gasteiger partial charge in [0, 0.05) is 130 Å². The third-order valence-corrected chi connectivity index (χ3v) is 14.7. The minimum absolute atomic E-state index is 0.0663. The first-order chi connectivity index (χ1) is 33.5. The first-order valence-corrected chi connectivity index (χ1v) is 27.2. The lowest BCUT2D eigenvalue weighted by Gasteiger charge is -2.37. The molecule has 0 spiro atoms. The monoisotopic (exact) mass is 994 g/mol. The fraction of sp³-hybridized carbons (Fsp3) is 0.417. The van der Waals surface area contributed by atoms with E-state index >= 15 is 0 Å². The van der Waals surface area contributed by atoms with Crippen LogP contribution in [0.4, 0.5) is 31.9 Å². The van der Waals surface area contributed by atoms with E-state index in [1.807, 2.05) is 59.8 Å². The molecule has 368 valence electrons. The van der Waals surface area contributed by atoms with Crippen LogP contribution in [-0.4, -0.2) is 121 Å². The van der Waals surface area contributed by atoms with E-state index in [9.17, 15) is 25.6 Å². The Balaban J connectivity index is 0.000000174. The average molecular weight is 995 g/mol. The second-order valence-electron chi connectivity index (χ2n) is 18.2. The Morgan fingerprint density at radius 2 is 1.03 bits per heavy atom. The normalized spacial score (nSPS) is 19.0. The molecule has 2 N–H and O–H groups in total. The van der Waals surface area contributed by atoms with E-state index < -0.39 is 26.0 Å². The number of rotatable bonds is 10. The van der Waals surface area contributed by atoms with E-state index in [0.717, 1.165) is 39.6 Å². The van der Waals surface area contributed by atoms with Gasteiger partial charge in [-0.2, -0.15) is 4.39 Å². The highest BCUT2D eigenvalue weighted by Gasteiger charge is 2.31. The largest absolute Gasteiger partial charge is 0.371 e. The minimum Gasteiger partial charge on any atom is -0.371 e. The second-order valence-corrected chi connectivity index (χ2v) is 21.7. The Kier molecular flexibility index (Phi) is 14.3. The number of halogens is 2. The molecule has 2 fully saturated rings. The molecule has 2 unspecified atom stereocenters. The maximum atomic E-state index is 14.7. The molecule has 0 aromatic carbocycles. The molecule has 0 radical (unpaired) electrons. The summed E-state index contributed by atoms with van der Waals surface area (Å²) in [5, 5.41) is 0. The van der Waals surface area contributed by atoms with Crippen molar-refractivity contribution in [3.8, 4) is 23.0 Å². The highest BCUT2D eigenvalue weighted by molar-refractivity contribution is 7.89. The highest BCUT2D eigenvalue weighted by atomic mass is 32.2. The van der Waals surface area contributed by atoms with Gasteiger partial charge >= 0.3 is 0 Å². The summed E-state index contributed by atoms with van der Waals surface area (Å²) >= 11 is 0. The Labute approximate surface area is 407 Å². The van der Waals surface area contributed by atoms with Gasteiger partial charge in [0.1, 0.15) is 34.7 Å². The summed E-state index contributed by atoms with van der Waals surface area (Å²) in [6, 6.07) is 17.2. The van der Waals surface area contributed by atoms with Gasteiger partial charge in [-0.3, -0.25) is 9.97 Å². The van der Waals surface area contributed by atoms with Gasteiger partial charge < -0.3 is 19.6 Å². The summed E-state index contributed by atoms with van der Waals surface area (Å²) in [7, 11) is -6.49. The molecule has 22 heteroatoms. The molecule has 6 aromatic rings. The zero-order valence-electron chi connectivity index (χ0n) is 39.4. The fourth-order valence-electron chi connectivity index (χ4n) is 9.66. The van der Waals surface area contributed by atoms with Crippen LogP contribution < -0.4 is 29.0 Å². The number of aromatic nitrogens is 8. The summed E-state index contributed by atoms with van der Waals surface area (Å²) in [5.41, 5.74) is 6.16. The predicted octanol–water partition coefficient (Wildman–Crippen LogP) is 5.43. The summed E-state index contributed by atoms with van der Waals surface area (Å²) in [4.78, 5) is 44.5. The highest BCUT2D eigenvalue weighted by Crippen LogP contribution is 2.36. The molecule has 6 aromatic heterocycles. The lowest BCUT2D eigenvalue weighted by Crippen LogP contribution is -2.44. The molecule has 4 aliphatic rings. The van der Waals surface area contributed by atoms with Gasteiger partial charge in [-0.1, -0.05) is 12.1 Å². The average Bonchev–Trinajstić information content (AvgIpc) is 3.34. The van der Waals surface area contributed by atoms with Crippen LogP contribution in [0.1, 0.15) is 74.1 Å². The van der Waals surface area contributed by atoms with E-state index in [0.29, 0.717) is 107 Å². The smallest absolute Gasteiger partial charge is 0.216 e. The van der Waals surface area contributed by atoms with Crippen LogP contribution in [0.5, 0.6) is 0 Å². The van der Waals surface area contributed by atoms with E-state index in [-0.39, 0.29) is 30.0 Å². The number of pyridine rings is 4. The number of nitrogens with zero attached hydrogens (tertiary/aromatic N) is 12. The molecule has 0 amide bonds. The number of piperidine rings is 2. The molecule has 0 aliphatic carbocycles. The van der Waals surface area contributed by atoms with Gasteiger partial charge in [0.2, 0.25) is 26.0 Å². The van der Waals surface area contributed by atoms with Gasteiger partial charge in [-0.25, -0.2) is 60.6 Å². The quantitative estimate of drug-likeness (QED) is 0.164. The van der Waals surface area contributed by atoms with E-state index in [2.05, 4.69) is 62.9 Å². The number of anilines is 4. The zero-order chi connectivity index (χ0) is 49.2. The molecule has 10 rings (SSSR count). The van der Waals surface area contributed by atoms with E-state index in [1.165, 1.54) is 30.7 Å². The molecule has 18 nitrogen and oxygen atoms in total. The predicted molar refractivity (Wildman–Crippen MR) is 264 cm³/mol. The van der Waals surface area contributed by atoms with Crippen molar-refractivity contribution in [1.29, 1.82) is 0 Å². The molecule has 0 saturated carbocycles. The van der Waals surface area contributed by atoms with Gasteiger partial charge in [-0.05, 0) is 63.8 Å². The minimum atomic E-state index is -3.25. The molecule has 0 bridgehead atoms. The van der Waals surface area contributed by atoms with Crippen LogP contribution >= 0.6 is 0 Å². The first-order valence-electron chi connectivity index (χ1n) is 23.4. The summed E-state index contributed by atoms with van der Waals surface area (Å²) < 4.78 is 80.7. The van der Waals surface area contributed by atoms with Crippen molar-refractivity contribution in [2.45, 2.75) is 76.5 Å². The molecule has 2 saturated heterocycles. The molecule has 10 heterocycles. The van der Waals surface area contributed by atoms with Gasteiger partial charge in [-0.15, -0.1) is 0 Å². The third-order valence-electron chi connectivity index (χ3n) is 13.2. The zero-order valence-corrected chi connectivity index (χ0v) is 41.1. The van der Waals surface area contributed by atoms with Gasteiger partial charge in [0.15, 0.2) is 11.6 Å². The fourth-order valence-corrected chi connectivity index (χ4v) is 11.3. The van der Waals surface area contributed by atoms with Crippen LogP contribution in [-0.2, 0) is 32.9 Å². The number of hydrogen-bond donors (Lipinski definition) is 2. The van der Waals surface area contributed by atoms with Crippen molar-refractivity contribution in [3.05, 3.63) is 120 Å². The maximum absolute atomic E-state index is 14.7. The molecule has 4 aliphatic heterocycles. The topological polar surface area (TPSA) is 208 Å². The Morgan fingerprint density at radius 3 is 1.50 bits per heavy atom. The summed E-state index contributed by atoms with van der Waals surface area (Å²) in [5.74, 6) is 2.04. The van der Waals surface area contributed by atoms with Crippen LogP contribution in [0, 0.1) is 11.8 Å². The van der Waals surface area contributed by atoms with Crippen molar-refractivity contribution in [3.63, 3.8) is 0 Å². The third kappa shape index (κ3) is 11.6. The Morgan fingerprint density at radius 1 is 0.557 bits per heavy atom. The van der Waals surface area contributed by atoms with Gasteiger partial charge in [0.25, 0.3) is 0 Å². The van der Waals surface area contributed by atoms with Crippen molar-refractivity contribution >= 4 is 43.2 Å². The first kappa shape index (κ1) is 48.7. The number of sulfonamides is 2. The van der Waals surface area contributed by atoms with E-state index in [4.69, 9.17) is 15.0 Å². The van der Waals surface area contributed by atoms with Crippen LogP contribution in [0.15, 0.2) is 85.5 Å². The lowest BCUT2D eigenvalue weighted by atomic mass is 9.99. The van der Waals surface area contributed by atoms with Crippen LogP contribution in [0.2, 0.25) is 0 Å². The lowest BCUT2D eigenvalue weighted by molar-refractivity contribution is 0.459. The van der Waals surface area contributed by atoms with Crippen molar-refractivity contribution in [1.82, 2.24) is 49.3 Å². The molecular formula is C48H56F2N14O4S2. The Hall–Kier alpha value is -6.36. The maximum Gasteiger partial charge on any atom is 0.216 e. The molecule has 70 heavy (non-hydrogen) atoms. The summed E-state index contributed by atoms with van der Waals surface area (Å²) in [6.07, 6.45) is 13.5. The van der Waals surface area contributed by atoms with Crippen molar-refractivity contribution < 1.29 is 25.6 Å². The van der Waals surface area contributed by atoms with Gasteiger partial charge in [0.05, 0.1) is 36.0 Å². The number of nitrogens with one attached hydrogen (secondary N) is 2. The van der Waals surface area contributed by atoms with Crippen LogP contribution in [0.25, 0.3) is 23.0 Å². The van der Waals surface area contributed by atoms with E-state index in [1.54, 1.807) is 12.4 Å². The number of fused-ring (bicyclic) bond motifs is 2. The molecular weight excluding hydrogens is 939 g/mol. The molecule has 2 atom stereocenters. The Bertz CT molecular complexity index is 2830. The number of hydrogen-bond acceptors (Lipinski definition) is 16. The van der Waals surface area contributed by atoms with Crippen LogP contribution in [0.3, 0.4) is 0 Å². The van der Waals surface area contributed by atoms with Crippen molar-refractivity contribution in [2.24, 2.45) is 0 Å². The van der Waals surface area contributed by atoms with Crippen molar-refractivity contribution in [2.75, 3.05) is 71.4 Å². The standard InChI is InChI=1S/2C24H28FN7O2S/c1-16-19-15-27-24(21-5-3-4-9-26-21)28-20(19)8-12-32(16)23-14-17(25)13-22(29-23)31-10-6-18(7-11-31)30-35(2,33)34;1-16-19-15-27-24(21-5-3-4-9-26-21)28-20(19)8-12-32(16)23-14-18(13-22(25)29-23)31-10-6-17(7-11-31)30-35(2,33)34/h3-5,9,13-16,18,30H,6-8,10-12H2,1-2H3;3-5,9,13-17,30H,6-8,10-12H2,1-2H3. The second kappa shape index (κ2) is 20.5. The summed E-state index contributed by atoms with van der Waals surface area (Å²) in [6.45, 7) is 7.90. The SMILES string of the molecule is CC1c2cnc(-c3ccccn3)nc2CCN1c1cc(F)cc(N2CCC(NS(C)(=O)=O)CC2)n1.CC1c2cnc(-c3ccccn3)nc2CCN1c1cc(N2CCC(NS(C)(=O)=O)CC2)cc(F)n1.